The van der Waals surface area contributed by atoms with Gasteiger partial charge in [0.25, 0.3) is 5.91 Å². The molecule has 0 aliphatic rings. The quantitative estimate of drug-likeness (QED) is 0.515. The van der Waals surface area contributed by atoms with Gasteiger partial charge in [-0.2, -0.15) is 5.26 Å². The van der Waals surface area contributed by atoms with Crippen LogP contribution in [-0.2, 0) is 4.79 Å². The summed E-state index contributed by atoms with van der Waals surface area (Å²) in [6, 6.07) is 15.6. The minimum Gasteiger partial charge on any atom is -0.474 e. The number of nitriles is 1. The Labute approximate surface area is 126 Å². The van der Waals surface area contributed by atoms with Gasteiger partial charge < -0.3 is 4.74 Å². The van der Waals surface area contributed by atoms with Gasteiger partial charge in [-0.25, -0.2) is 5.84 Å². The number of benzene rings is 2. The van der Waals surface area contributed by atoms with E-state index in [1.54, 1.807) is 42.5 Å². The number of carbonyl (C=O) groups is 1. The lowest BCUT2D eigenvalue weighted by Crippen LogP contribution is -2.37. The maximum Gasteiger partial charge on any atom is 0.279 e. The van der Waals surface area contributed by atoms with E-state index in [-0.39, 0.29) is 16.3 Å². The lowest BCUT2D eigenvalue weighted by Gasteiger charge is -2.18. The molecule has 0 heterocycles. The molecule has 106 valence electrons. The summed E-state index contributed by atoms with van der Waals surface area (Å²) >= 11 is 5.94. The predicted molar refractivity (Wildman–Crippen MR) is 78.3 cm³/mol. The van der Waals surface area contributed by atoms with E-state index in [2.05, 4.69) is 5.43 Å². The first kappa shape index (κ1) is 14.9. The highest BCUT2D eigenvalue weighted by atomic mass is 35.5. The fourth-order valence-electron chi connectivity index (χ4n) is 1.81. The Morgan fingerprint density at radius 3 is 2.57 bits per heavy atom. The molecular formula is C15H12ClN3O2. The third kappa shape index (κ3) is 3.31. The molecule has 0 bridgehead atoms. The van der Waals surface area contributed by atoms with Gasteiger partial charge in [-0.1, -0.05) is 48.0 Å². The topological polar surface area (TPSA) is 88.1 Å². The molecule has 6 heteroatoms. The molecule has 2 rings (SSSR count). The lowest BCUT2D eigenvalue weighted by atomic mass is 10.1. The van der Waals surface area contributed by atoms with Crippen molar-refractivity contribution in [2.75, 3.05) is 0 Å². The third-order valence-corrected chi connectivity index (χ3v) is 3.13. The summed E-state index contributed by atoms with van der Waals surface area (Å²) in [5.41, 5.74) is 2.84. The van der Waals surface area contributed by atoms with Crippen LogP contribution in [0.15, 0.2) is 48.5 Å². The third-order valence-electron chi connectivity index (χ3n) is 2.81. The Balaban J connectivity index is 2.40. The van der Waals surface area contributed by atoms with E-state index in [0.717, 1.165) is 0 Å². The monoisotopic (exact) mass is 301 g/mol. The molecule has 1 unspecified atom stereocenters. The molecule has 0 spiro atoms. The smallest absolute Gasteiger partial charge is 0.279 e. The number of nitrogens with two attached hydrogens (primary N) is 1. The molecule has 0 fully saturated rings. The van der Waals surface area contributed by atoms with E-state index in [1.807, 2.05) is 12.1 Å². The maximum absolute atomic E-state index is 11.9. The second kappa shape index (κ2) is 6.75. The average molecular weight is 302 g/mol. The largest absolute Gasteiger partial charge is 0.474 e. The SMILES string of the molecule is N#Cc1c(Cl)cccc1OC(C(=O)NN)c1ccccc1. The molecule has 0 aliphatic carbocycles. The fraction of sp³-hybridized carbons (Fsp3) is 0.0667. The zero-order chi connectivity index (χ0) is 15.2. The molecule has 0 aliphatic heterocycles. The Hall–Kier alpha value is -2.55. The van der Waals surface area contributed by atoms with Gasteiger partial charge in [0.05, 0.1) is 5.02 Å². The first-order valence-electron chi connectivity index (χ1n) is 6.08. The van der Waals surface area contributed by atoms with E-state index in [4.69, 9.17) is 27.4 Å². The summed E-state index contributed by atoms with van der Waals surface area (Å²) < 4.78 is 5.66. The van der Waals surface area contributed by atoms with Crippen LogP contribution in [0, 0.1) is 11.3 Å². The van der Waals surface area contributed by atoms with Gasteiger partial charge in [0.1, 0.15) is 17.4 Å². The van der Waals surface area contributed by atoms with E-state index >= 15 is 0 Å². The summed E-state index contributed by atoms with van der Waals surface area (Å²) in [7, 11) is 0. The van der Waals surface area contributed by atoms with Crippen molar-refractivity contribution in [1.82, 2.24) is 5.43 Å². The molecule has 3 N–H and O–H groups in total. The van der Waals surface area contributed by atoms with Crippen molar-refractivity contribution in [3.05, 3.63) is 64.7 Å². The van der Waals surface area contributed by atoms with Crippen molar-refractivity contribution in [2.45, 2.75) is 6.10 Å². The van der Waals surface area contributed by atoms with Gasteiger partial charge in [-0.05, 0) is 12.1 Å². The Bertz CT molecular complexity index is 683. The Kier molecular flexibility index (Phi) is 4.77. The van der Waals surface area contributed by atoms with Gasteiger partial charge in [-0.15, -0.1) is 0 Å². The van der Waals surface area contributed by atoms with Gasteiger partial charge >= 0.3 is 0 Å². The highest BCUT2D eigenvalue weighted by Gasteiger charge is 2.23. The summed E-state index contributed by atoms with van der Waals surface area (Å²) in [5.74, 6) is 4.90. The molecule has 0 aromatic heterocycles. The number of carbonyl (C=O) groups excluding carboxylic acids is 1. The van der Waals surface area contributed by atoms with Crippen LogP contribution in [-0.4, -0.2) is 5.91 Å². The summed E-state index contributed by atoms with van der Waals surface area (Å²) in [6.45, 7) is 0. The van der Waals surface area contributed by atoms with Crippen LogP contribution < -0.4 is 16.0 Å². The van der Waals surface area contributed by atoms with Crippen molar-refractivity contribution >= 4 is 17.5 Å². The number of nitrogens with zero attached hydrogens (tertiary/aromatic N) is 1. The van der Waals surface area contributed by atoms with Gasteiger partial charge in [0.15, 0.2) is 0 Å². The van der Waals surface area contributed by atoms with Crippen molar-refractivity contribution in [2.24, 2.45) is 5.84 Å². The highest BCUT2D eigenvalue weighted by Crippen LogP contribution is 2.29. The lowest BCUT2D eigenvalue weighted by molar-refractivity contribution is -0.128. The number of hydrogen-bond acceptors (Lipinski definition) is 4. The number of halogens is 1. The first-order chi connectivity index (χ1) is 10.2. The molecule has 1 amide bonds. The zero-order valence-corrected chi connectivity index (χ0v) is 11.7. The Morgan fingerprint density at radius 1 is 1.24 bits per heavy atom. The standard InChI is InChI=1S/C15H12ClN3O2/c16-12-7-4-8-13(11(12)9-17)21-14(15(20)19-18)10-5-2-1-3-6-10/h1-8,14H,18H2,(H,19,20). The summed E-state index contributed by atoms with van der Waals surface area (Å²) in [5, 5.41) is 9.40. The second-order valence-corrected chi connectivity index (χ2v) is 4.55. The number of ether oxygens (including phenoxy) is 1. The van der Waals surface area contributed by atoms with Crippen LogP contribution in [0.1, 0.15) is 17.2 Å². The number of amides is 1. The molecule has 5 nitrogen and oxygen atoms in total. The number of rotatable bonds is 4. The van der Waals surface area contributed by atoms with Crippen molar-refractivity contribution in [1.29, 1.82) is 5.26 Å². The van der Waals surface area contributed by atoms with Crippen LogP contribution in [0.5, 0.6) is 5.75 Å². The first-order valence-corrected chi connectivity index (χ1v) is 6.46. The minimum absolute atomic E-state index is 0.171. The second-order valence-electron chi connectivity index (χ2n) is 4.14. The summed E-state index contributed by atoms with van der Waals surface area (Å²) in [6.07, 6.45) is -0.971. The van der Waals surface area contributed by atoms with Crippen LogP contribution in [0.4, 0.5) is 0 Å². The van der Waals surface area contributed by atoms with Crippen LogP contribution in [0.25, 0.3) is 0 Å². The molecule has 21 heavy (non-hydrogen) atoms. The molecular weight excluding hydrogens is 290 g/mol. The molecule has 1 atom stereocenters. The average Bonchev–Trinajstić information content (AvgIpc) is 2.53. The van der Waals surface area contributed by atoms with Crippen molar-refractivity contribution in [3.63, 3.8) is 0 Å². The molecule has 0 saturated carbocycles. The fourth-order valence-corrected chi connectivity index (χ4v) is 2.02. The molecule has 0 radical (unpaired) electrons. The van der Waals surface area contributed by atoms with E-state index < -0.39 is 12.0 Å². The van der Waals surface area contributed by atoms with E-state index in [1.165, 1.54) is 0 Å². The van der Waals surface area contributed by atoms with Crippen LogP contribution in [0.3, 0.4) is 0 Å². The number of nitrogens with one attached hydrogen (secondary N) is 1. The van der Waals surface area contributed by atoms with Gasteiger partial charge in [0.2, 0.25) is 6.10 Å². The van der Waals surface area contributed by atoms with Crippen molar-refractivity contribution < 1.29 is 9.53 Å². The normalized spacial score (nSPS) is 11.3. The number of hydrogen-bond donors (Lipinski definition) is 2. The Morgan fingerprint density at radius 2 is 1.95 bits per heavy atom. The van der Waals surface area contributed by atoms with Crippen LogP contribution >= 0.6 is 11.6 Å². The molecule has 2 aromatic rings. The zero-order valence-electron chi connectivity index (χ0n) is 10.9. The maximum atomic E-state index is 11.9. The van der Waals surface area contributed by atoms with Gasteiger partial charge in [0, 0.05) is 5.56 Å². The van der Waals surface area contributed by atoms with E-state index in [0.29, 0.717) is 5.56 Å². The molecule has 2 aromatic carbocycles. The number of hydrazine groups is 1. The minimum atomic E-state index is -0.971. The molecule has 0 saturated heterocycles. The van der Waals surface area contributed by atoms with Gasteiger partial charge in [-0.3, -0.25) is 10.2 Å². The summed E-state index contributed by atoms with van der Waals surface area (Å²) in [4.78, 5) is 11.9. The highest BCUT2D eigenvalue weighted by molar-refractivity contribution is 6.31. The van der Waals surface area contributed by atoms with Crippen molar-refractivity contribution in [3.8, 4) is 11.8 Å². The predicted octanol–water partition coefficient (Wildman–Crippen LogP) is 2.32. The van der Waals surface area contributed by atoms with Crippen LogP contribution in [0.2, 0.25) is 5.02 Å². The van der Waals surface area contributed by atoms with E-state index in [9.17, 15) is 4.79 Å².